The van der Waals surface area contributed by atoms with Crippen LogP contribution >= 0.6 is 0 Å². The fraction of sp³-hybridized carbons (Fsp3) is 0.562. The molecule has 0 amide bonds. The van der Waals surface area contributed by atoms with Gasteiger partial charge < -0.3 is 10.0 Å². The zero-order chi connectivity index (χ0) is 13.7. The van der Waals surface area contributed by atoms with Crippen LogP contribution in [0.15, 0.2) is 30.3 Å². The molecule has 1 aliphatic rings. The first kappa shape index (κ1) is 14.1. The second-order valence-corrected chi connectivity index (χ2v) is 5.83. The number of carbonyl (C=O) groups is 1. The molecule has 3 nitrogen and oxygen atoms in total. The molecule has 0 spiro atoms. The Morgan fingerprint density at radius 2 is 2.05 bits per heavy atom. The van der Waals surface area contributed by atoms with Crippen molar-refractivity contribution in [2.45, 2.75) is 32.6 Å². The number of carboxylic acids is 1. The molecule has 1 saturated heterocycles. The summed E-state index contributed by atoms with van der Waals surface area (Å²) >= 11 is 0. The van der Waals surface area contributed by atoms with Crippen molar-refractivity contribution in [2.75, 3.05) is 19.6 Å². The molecule has 3 heteroatoms. The number of unbranched alkanes of at least 4 members (excludes halogenated alkanes) is 1. The fourth-order valence-corrected chi connectivity index (χ4v) is 2.73. The number of nitrogens with zero attached hydrogens (tertiary/aromatic N) is 1. The summed E-state index contributed by atoms with van der Waals surface area (Å²) < 4.78 is 0. The van der Waals surface area contributed by atoms with Crippen molar-refractivity contribution in [3.05, 3.63) is 35.9 Å². The monoisotopic (exact) mass is 261 g/mol. The Morgan fingerprint density at radius 3 is 2.68 bits per heavy atom. The van der Waals surface area contributed by atoms with Gasteiger partial charge in [-0.15, -0.1) is 0 Å². The molecule has 1 N–H and O–H groups in total. The number of hydrogen-bond acceptors (Lipinski definition) is 2. The molecular formula is C16H23NO2. The maximum atomic E-state index is 11.2. The Kier molecular flexibility index (Phi) is 4.59. The van der Waals surface area contributed by atoms with Crippen molar-refractivity contribution in [3.63, 3.8) is 0 Å². The van der Waals surface area contributed by atoms with Gasteiger partial charge in [0.05, 0.1) is 5.41 Å². The third-order valence-electron chi connectivity index (χ3n) is 4.10. The minimum Gasteiger partial charge on any atom is -0.481 e. The maximum absolute atomic E-state index is 11.2. The van der Waals surface area contributed by atoms with Gasteiger partial charge in [0.25, 0.3) is 0 Å². The van der Waals surface area contributed by atoms with Crippen LogP contribution in [-0.4, -0.2) is 35.6 Å². The summed E-state index contributed by atoms with van der Waals surface area (Å²) in [6, 6.07) is 10.5. The number of likely N-dealkylation sites (tertiary alicyclic amines) is 1. The van der Waals surface area contributed by atoms with E-state index in [-0.39, 0.29) is 0 Å². The van der Waals surface area contributed by atoms with Gasteiger partial charge in [-0.25, -0.2) is 0 Å². The van der Waals surface area contributed by atoms with E-state index in [2.05, 4.69) is 29.2 Å². The quantitative estimate of drug-likeness (QED) is 0.800. The van der Waals surface area contributed by atoms with Gasteiger partial charge in [0.2, 0.25) is 0 Å². The molecule has 1 aromatic rings. The average Bonchev–Trinajstić information content (AvgIpc) is 2.79. The highest BCUT2D eigenvalue weighted by atomic mass is 16.4. The molecule has 0 aliphatic carbocycles. The minimum atomic E-state index is -0.653. The minimum absolute atomic E-state index is 0.528. The third kappa shape index (κ3) is 3.80. The molecule has 2 rings (SSSR count). The normalized spacial score (nSPS) is 23.6. The highest BCUT2D eigenvalue weighted by Crippen LogP contribution is 2.30. The Morgan fingerprint density at radius 1 is 1.32 bits per heavy atom. The van der Waals surface area contributed by atoms with Crippen LogP contribution in [0.25, 0.3) is 0 Å². The zero-order valence-electron chi connectivity index (χ0n) is 11.6. The van der Waals surface area contributed by atoms with E-state index < -0.39 is 11.4 Å². The second-order valence-electron chi connectivity index (χ2n) is 5.83. The Bertz CT molecular complexity index is 418. The number of carboxylic acid groups (broad SMARTS) is 1. The lowest BCUT2D eigenvalue weighted by Crippen LogP contribution is -2.32. The van der Waals surface area contributed by atoms with Crippen LogP contribution in [0.5, 0.6) is 0 Å². The van der Waals surface area contributed by atoms with Crippen molar-refractivity contribution in [2.24, 2.45) is 5.41 Å². The van der Waals surface area contributed by atoms with E-state index in [9.17, 15) is 9.90 Å². The molecule has 1 heterocycles. The molecule has 104 valence electrons. The molecule has 1 atom stereocenters. The van der Waals surface area contributed by atoms with Gasteiger partial charge in [0.15, 0.2) is 0 Å². The van der Waals surface area contributed by atoms with Gasteiger partial charge in [0, 0.05) is 6.54 Å². The van der Waals surface area contributed by atoms with Crippen molar-refractivity contribution < 1.29 is 9.90 Å². The number of rotatable bonds is 6. The Hall–Kier alpha value is -1.35. The van der Waals surface area contributed by atoms with Crippen LogP contribution in [0.1, 0.15) is 31.7 Å². The average molecular weight is 261 g/mol. The van der Waals surface area contributed by atoms with E-state index in [1.54, 1.807) is 0 Å². The highest BCUT2D eigenvalue weighted by Gasteiger charge is 2.39. The zero-order valence-corrected chi connectivity index (χ0v) is 11.6. The maximum Gasteiger partial charge on any atom is 0.310 e. The summed E-state index contributed by atoms with van der Waals surface area (Å²) in [6.45, 7) is 4.51. The van der Waals surface area contributed by atoms with Crippen molar-refractivity contribution in [1.82, 2.24) is 4.90 Å². The first-order valence-electron chi connectivity index (χ1n) is 7.10. The predicted molar refractivity (Wildman–Crippen MR) is 76.2 cm³/mol. The molecule has 1 aromatic carbocycles. The van der Waals surface area contributed by atoms with E-state index in [1.165, 1.54) is 12.0 Å². The van der Waals surface area contributed by atoms with Gasteiger partial charge in [0.1, 0.15) is 0 Å². The van der Waals surface area contributed by atoms with Gasteiger partial charge in [-0.3, -0.25) is 4.79 Å². The SMILES string of the molecule is CC1(C(=O)O)CCN(CCCCc2ccccc2)C1. The van der Waals surface area contributed by atoms with E-state index in [4.69, 9.17) is 0 Å². The summed E-state index contributed by atoms with van der Waals surface area (Å²) in [5.41, 5.74) is 0.860. The highest BCUT2D eigenvalue weighted by molar-refractivity contribution is 5.74. The summed E-state index contributed by atoms with van der Waals surface area (Å²) in [7, 11) is 0. The Balaban J connectivity index is 1.66. The summed E-state index contributed by atoms with van der Waals surface area (Å²) in [5, 5.41) is 9.18. The number of aryl methyl sites for hydroxylation is 1. The lowest BCUT2D eigenvalue weighted by atomic mass is 9.90. The molecule has 1 unspecified atom stereocenters. The van der Waals surface area contributed by atoms with Gasteiger partial charge in [-0.2, -0.15) is 0 Å². The first-order valence-corrected chi connectivity index (χ1v) is 7.10. The molecule has 0 aromatic heterocycles. The lowest BCUT2D eigenvalue weighted by molar-refractivity contribution is -0.147. The van der Waals surface area contributed by atoms with E-state index in [0.29, 0.717) is 6.54 Å². The largest absolute Gasteiger partial charge is 0.481 e. The standard InChI is InChI=1S/C16H23NO2/c1-16(15(18)19)10-12-17(13-16)11-6-5-9-14-7-3-2-4-8-14/h2-4,7-8H,5-6,9-13H2,1H3,(H,18,19). The van der Waals surface area contributed by atoms with E-state index in [0.717, 1.165) is 32.4 Å². The van der Waals surface area contributed by atoms with Crippen LogP contribution < -0.4 is 0 Å². The van der Waals surface area contributed by atoms with Gasteiger partial charge >= 0.3 is 5.97 Å². The topological polar surface area (TPSA) is 40.5 Å². The molecule has 0 bridgehead atoms. The smallest absolute Gasteiger partial charge is 0.310 e. The first-order chi connectivity index (χ1) is 9.10. The molecule has 0 radical (unpaired) electrons. The summed E-state index contributed by atoms with van der Waals surface area (Å²) in [5.74, 6) is -0.653. The molecule has 1 fully saturated rings. The van der Waals surface area contributed by atoms with Gasteiger partial charge in [-0.05, 0) is 51.3 Å². The van der Waals surface area contributed by atoms with E-state index in [1.807, 2.05) is 13.0 Å². The van der Waals surface area contributed by atoms with Crippen LogP contribution in [0.2, 0.25) is 0 Å². The summed E-state index contributed by atoms with van der Waals surface area (Å²) in [4.78, 5) is 13.4. The molecule has 1 aliphatic heterocycles. The third-order valence-corrected chi connectivity index (χ3v) is 4.10. The van der Waals surface area contributed by atoms with Crippen LogP contribution in [0.4, 0.5) is 0 Å². The van der Waals surface area contributed by atoms with Crippen LogP contribution in [0, 0.1) is 5.41 Å². The lowest BCUT2D eigenvalue weighted by Gasteiger charge is -2.19. The summed E-state index contributed by atoms with van der Waals surface area (Å²) in [6.07, 6.45) is 4.21. The number of benzene rings is 1. The molecule has 19 heavy (non-hydrogen) atoms. The van der Waals surface area contributed by atoms with E-state index >= 15 is 0 Å². The number of hydrogen-bond donors (Lipinski definition) is 1. The molecule has 0 saturated carbocycles. The second kappa shape index (κ2) is 6.20. The Labute approximate surface area is 115 Å². The van der Waals surface area contributed by atoms with Crippen LogP contribution in [-0.2, 0) is 11.2 Å². The van der Waals surface area contributed by atoms with Crippen molar-refractivity contribution >= 4 is 5.97 Å². The molecular weight excluding hydrogens is 238 g/mol. The fourth-order valence-electron chi connectivity index (χ4n) is 2.73. The predicted octanol–water partition coefficient (Wildman–Crippen LogP) is 2.81. The van der Waals surface area contributed by atoms with Crippen molar-refractivity contribution in [3.8, 4) is 0 Å². The van der Waals surface area contributed by atoms with Gasteiger partial charge in [-0.1, -0.05) is 30.3 Å². The van der Waals surface area contributed by atoms with Crippen LogP contribution in [0.3, 0.4) is 0 Å². The van der Waals surface area contributed by atoms with Crippen molar-refractivity contribution in [1.29, 1.82) is 0 Å². The number of aliphatic carboxylic acids is 1.